The number of nitrogens with zero attached hydrogens (tertiary/aromatic N) is 5. The van der Waals surface area contributed by atoms with E-state index in [1.165, 1.54) is 0 Å². The summed E-state index contributed by atoms with van der Waals surface area (Å²) in [4.78, 5) is 17.5. The van der Waals surface area contributed by atoms with Crippen molar-refractivity contribution in [3.63, 3.8) is 0 Å². The van der Waals surface area contributed by atoms with Gasteiger partial charge in [-0.2, -0.15) is 0 Å². The molecule has 1 saturated heterocycles. The van der Waals surface area contributed by atoms with Crippen LogP contribution in [0.4, 0.5) is 5.95 Å². The zero-order valence-corrected chi connectivity index (χ0v) is 14.5. The number of piperazine rings is 1. The highest BCUT2D eigenvalue weighted by Gasteiger charge is 2.20. The Kier molecular flexibility index (Phi) is 6.03. The topological polar surface area (TPSA) is 65.9 Å². The minimum Gasteiger partial charge on any atom is -0.492 e. The van der Waals surface area contributed by atoms with Crippen LogP contribution in [-0.4, -0.2) is 67.2 Å². The van der Waals surface area contributed by atoms with Crippen molar-refractivity contribution in [3.05, 3.63) is 48.8 Å². The summed E-state index contributed by atoms with van der Waals surface area (Å²) in [6.45, 7) is 4.84. The average Bonchev–Trinajstić information content (AvgIpc) is 2.70. The van der Waals surface area contributed by atoms with Crippen LogP contribution in [0.15, 0.2) is 53.8 Å². The largest absolute Gasteiger partial charge is 0.492 e. The van der Waals surface area contributed by atoms with Crippen LogP contribution in [-0.2, 0) is 0 Å². The molecule has 1 aliphatic heterocycles. The summed E-state index contributed by atoms with van der Waals surface area (Å²) in [6.07, 6.45) is 3.56. The minimum absolute atomic E-state index is 0.598. The highest BCUT2D eigenvalue weighted by molar-refractivity contribution is 5.80. The predicted octanol–water partition coefficient (Wildman–Crippen LogP) is 1.25. The average molecular weight is 340 g/mol. The molecule has 0 aliphatic carbocycles. The van der Waals surface area contributed by atoms with Gasteiger partial charge in [0.2, 0.25) is 5.95 Å². The zero-order valence-electron chi connectivity index (χ0n) is 14.5. The molecule has 2 heterocycles. The molecule has 0 atom stereocenters. The Labute approximate surface area is 148 Å². The first-order valence-electron chi connectivity index (χ1n) is 8.52. The molecular formula is C18H24N6O. The van der Waals surface area contributed by atoms with Gasteiger partial charge in [-0.15, -0.1) is 0 Å². The third-order valence-corrected chi connectivity index (χ3v) is 4.02. The third kappa shape index (κ3) is 4.82. The molecule has 1 fully saturated rings. The molecule has 2 aromatic rings. The molecule has 0 saturated carbocycles. The number of guanidine groups is 1. The summed E-state index contributed by atoms with van der Waals surface area (Å²) in [6, 6.07) is 11.7. The third-order valence-electron chi connectivity index (χ3n) is 4.02. The Balaban J connectivity index is 1.42. The summed E-state index contributed by atoms with van der Waals surface area (Å²) in [5, 5.41) is 3.37. The summed E-state index contributed by atoms with van der Waals surface area (Å²) >= 11 is 0. The molecule has 1 aromatic heterocycles. The fourth-order valence-corrected chi connectivity index (χ4v) is 2.75. The van der Waals surface area contributed by atoms with Gasteiger partial charge in [0.15, 0.2) is 5.96 Å². The van der Waals surface area contributed by atoms with Crippen LogP contribution in [0.3, 0.4) is 0 Å². The number of hydrogen-bond donors (Lipinski definition) is 1. The lowest BCUT2D eigenvalue weighted by Crippen LogP contribution is -2.53. The molecule has 1 N–H and O–H groups in total. The number of aromatic nitrogens is 2. The maximum absolute atomic E-state index is 5.70. The minimum atomic E-state index is 0.598. The van der Waals surface area contributed by atoms with E-state index in [2.05, 4.69) is 30.1 Å². The first kappa shape index (κ1) is 17.0. The Bertz CT molecular complexity index is 656. The van der Waals surface area contributed by atoms with E-state index in [0.29, 0.717) is 13.2 Å². The van der Waals surface area contributed by atoms with E-state index < -0.39 is 0 Å². The van der Waals surface area contributed by atoms with Gasteiger partial charge < -0.3 is 19.9 Å². The van der Waals surface area contributed by atoms with Crippen molar-refractivity contribution < 1.29 is 4.74 Å². The standard InChI is InChI=1S/C18H24N6O/c1-19-17(22-10-15-25-16-6-3-2-4-7-16)23-11-13-24(14-12-23)18-20-8-5-9-21-18/h2-9H,10-15H2,1H3,(H,19,22). The van der Waals surface area contributed by atoms with Crippen LogP contribution < -0.4 is 15.0 Å². The van der Waals surface area contributed by atoms with E-state index in [1.54, 1.807) is 12.4 Å². The van der Waals surface area contributed by atoms with Gasteiger partial charge in [0, 0.05) is 45.6 Å². The molecular weight excluding hydrogens is 316 g/mol. The van der Waals surface area contributed by atoms with E-state index in [0.717, 1.165) is 43.8 Å². The molecule has 7 nitrogen and oxygen atoms in total. The first-order chi connectivity index (χ1) is 12.4. The van der Waals surface area contributed by atoms with Crippen molar-refractivity contribution in [2.45, 2.75) is 0 Å². The van der Waals surface area contributed by atoms with Gasteiger partial charge in [0.1, 0.15) is 12.4 Å². The van der Waals surface area contributed by atoms with Gasteiger partial charge in [-0.25, -0.2) is 9.97 Å². The normalized spacial score (nSPS) is 15.2. The molecule has 132 valence electrons. The Morgan fingerprint density at radius 3 is 2.48 bits per heavy atom. The monoisotopic (exact) mass is 340 g/mol. The molecule has 3 rings (SSSR count). The fraction of sp³-hybridized carbons (Fsp3) is 0.389. The Morgan fingerprint density at radius 2 is 1.80 bits per heavy atom. The molecule has 0 spiro atoms. The summed E-state index contributed by atoms with van der Waals surface area (Å²) in [7, 11) is 1.81. The van der Waals surface area contributed by atoms with Crippen molar-refractivity contribution in [3.8, 4) is 5.75 Å². The quantitative estimate of drug-likeness (QED) is 0.502. The van der Waals surface area contributed by atoms with E-state index >= 15 is 0 Å². The van der Waals surface area contributed by atoms with Crippen LogP contribution in [0.5, 0.6) is 5.75 Å². The van der Waals surface area contributed by atoms with E-state index in [4.69, 9.17) is 4.74 Å². The zero-order chi connectivity index (χ0) is 17.3. The highest BCUT2D eigenvalue weighted by atomic mass is 16.5. The number of para-hydroxylation sites is 1. The smallest absolute Gasteiger partial charge is 0.225 e. The van der Waals surface area contributed by atoms with E-state index in [9.17, 15) is 0 Å². The number of aliphatic imine (C=N–C) groups is 1. The second-order valence-corrected chi connectivity index (χ2v) is 5.66. The first-order valence-corrected chi connectivity index (χ1v) is 8.52. The lowest BCUT2D eigenvalue weighted by Gasteiger charge is -2.36. The number of ether oxygens (including phenoxy) is 1. The molecule has 0 bridgehead atoms. The SMILES string of the molecule is CN=C(NCCOc1ccccc1)N1CCN(c2ncccn2)CC1. The van der Waals surface area contributed by atoms with Crippen molar-refractivity contribution in [1.82, 2.24) is 20.2 Å². The van der Waals surface area contributed by atoms with Gasteiger partial charge in [-0.3, -0.25) is 4.99 Å². The lowest BCUT2D eigenvalue weighted by molar-refractivity contribution is 0.315. The van der Waals surface area contributed by atoms with Gasteiger partial charge in [0.05, 0.1) is 6.54 Å². The summed E-state index contributed by atoms with van der Waals surface area (Å²) < 4.78 is 5.70. The summed E-state index contributed by atoms with van der Waals surface area (Å²) in [5.74, 6) is 2.59. The Hall–Kier alpha value is -2.83. The molecule has 1 aromatic carbocycles. The van der Waals surface area contributed by atoms with Crippen LogP contribution >= 0.6 is 0 Å². The number of hydrogen-bond acceptors (Lipinski definition) is 5. The van der Waals surface area contributed by atoms with E-state index in [-0.39, 0.29) is 0 Å². The van der Waals surface area contributed by atoms with Crippen LogP contribution in [0.1, 0.15) is 0 Å². The fourth-order valence-electron chi connectivity index (χ4n) is 2.75. The molecule has 25 heavy (non-hydrogen) atoms. The molecule has 1 aliphatic rings. The highest BCUT2D eigenvalue weighted by Crippen LogP contribution is 2.10. The molecule has 0 amide bonds. The van der Waals surface area contributed by atoms with Crippen LogP contribution in [0.2, 0.25) is 0 Å². The lowest BCUT2D eigenvalue weighted by atomic mass is 10.3. The van der Waals surface area contributed by atoms with Gasteiger partial charge in [0.25, 0.3) is 0 Å². The second kappa shape index (κ2) is 8.86. The summed E-state index contributed by atoms with van der Waals surface area (Å²) in [5.41, 5.74) is 0. The van der Waals surface area contributed by atoms with Gasteiger partial charge in [-0.05, 0) is 18.2 Å². The number of nitrogens with one attached hydrogen (secondary N) is 1. The van der Waals surface area contributed by atoms with Crippen LogP contribution in [0.25, 0.3) is 0 Å². The number of anilines is 1. The van der Waals surface area contributed by atoms with Crippen molar-refractivity contribution in [1.29, 1.82) is 0 Å². The number of benzene rings is 1. The second-order valence-electron chi connectivity index (χ2n) is 5.66. The van der Waals surface area contributed by atoms with Crippen molar-refractivity contribution >= 4 is 11.9 Å². The maximum atomic E-state index is 5.70. The maximum Gasteiger partial charge on any atom is 0.225 e. The van der Waals surface area contributed by atoms with Gasteiger partial charge in [-0.1, -0.05) is 18.2 Å². The molecule has 7 heteroatoms. The van der Waals surface area contributed by atoms with Crippen molar-refractivity contribution in [2.75, 3.05) is 51.3 Å². The van der Waals surface area contributed by atoms with Gasteiger partial charge >= 0.3 is 0 Å². The van der Waals surface area contributed by atoms with Crippen molar-refractivity contribution in [2.24, 2.45) is 4.99 Å². The molecule has 0 radical (unpaired) electrons. The van der Waals surface area contributed by atoms with E-state index in [1.807, 2.05) is 43.4 Å². The molecule has 0 unspecified atom stereocenters. The predicted molar refractivity (Wildman–Crippen MR) is 99.1 cm³/mol. The number of rotatable bonds is 5. The van der Waals surface area contributed by atoms with Crippen LogP contribution in [0, 0.1) is 0 Å². The Morgan fingerprint density at radius 1 is 1.08 bits per heavy atom.